The Morgan fingerprint density at radius 2 is 1.85 bits per heavy atom. The van der Waals surface area contributed by atoms with Crippen molar-refractivity contribution in [2.45, 2.75) is 70.6 Å². The monoisotopic (exact) mass is 530 g/mol. The Bertz CT molecular complexity index is 1310. The molecule has 0 radical (unpaired) electrons. The molecule has 5 rings (SSSR count). The van der Waals surface area contributed by atoms with Crippen LogP contribution in [0.4, 0.5) is 0 Å². The van der Waals surface area contributed by atoms with Crippen LogP contribution in [-0.4, -0.2) is 51.8 Å². The third-order valence-corrected chi connectivity index (χ3v) is 7.65. The second-order valence-corrected chi connectivity index (χ2v) is 10.7. The fraction of sp³-hybridized carbons (Fsp3) is 0.452. The molecule has 3 aromatic rings. The molecule has 1 N–H and O–H groups in total. The van der Waals surface area contributed by atoms with E-state index in [0.29, 0.717) is 24.5 Å². The number of fused-ring (bicyclic) bond motifs is 1. The van der Waals surface area contributed by atoms with E-state index in [1.807, 2.05) is 44.4 Å². The van der Waals surface area contributed by atoms with Gasteiger partial charge < -0.3 is 19.7 Å². The van der Waals surface area contributed by atoms with Gasteiger partial charge >= 0.3 is 0 Å². The number of hydrogen-bond donors (Lipinski definition) is 1. The highest BCUT2D eigenvalue weighted by Gasteiger charge is 2.39. The average Bonchev–Trinajstić information content (AvgIpc) is 3.27. The number of para-hydroxylation sites is 2. The van der Waals surface area contributed by atoms with E-state index in [2.05, 4.69) is 35.5 Å². The summed E-state index contributed by atoms with van der Waals surface area (Å²) < 4.78 is 13.7. The van der Waals surface area contributed by atoms with Crippen LogP contribution in [-0.2, 0) is 23.1 Å². The predicted molar refractivity (Wildman–Crippen MR) is 149 cm³/mol. The van der Waals surface area contributed by atoms with Crippen molar-refractivity contribution < 1.29 is 19.1 Å². The number of ether oxygens (including phenoxy) is 2. The largest absolute Gasteiger partial charge is 0.485 e. The van der Waals surface area contributed by atoms with Gasteiger partial charge in [-0.3, -0.25) is 14.3 Å². The number of aromatic nitrogens is 2. The van der Waals surface area contributed by atoms with Crippen molar-refractivity contribution in [3.05, 3.63) is 77.1 Å². The number of nitrogens with one attached hydrogen (secondary N) is 1. The molecule has 8 nitrogen and oxygen atoms in total. The number of benzene rings is 2. The predicted octanol–water partition coefficient (Wildman–Crippen LogP) is 4.44. The molecule has 2 heterocycles. The van der Waals surface area contributed by atoms with Crippen LogP contribution in [0, 0.1) is 13.8 Å². The van der Waals surface area contributed by atoms with Gasteiger partial charge in [-0.1, -0.05) is 61.2 Å². The first-order valence-corrected chi connectivity index (χ1v) is 13.9. The summed E-state index contributed by atoms with van der Waals surface area (Å²) in [6.07, 6.45) is 6.90. The van der Waals surface area contributed by atoms with E-state index in [4.69, 9.17) is 9.47 Å². The Morgan fingerprint density at radius 1 is 1.08 bits per heavy atom. The quantitative estimate of drug-likeness (QED) is 0.466. The van der Waals surface area contributed by atoms with Crippen molar-refractivity contribution in [3.8, 4) is 11.5 Å². The fourth-order valence-corrected chi connectivity index (χ4v) is 5.67. The third kappa shape index (κ3) is 6.27. The number of amides is 2. The third-order valence-electron chi connectivity index (χ3n) is 7.65. The summed E-state index contributed by atoms with van der Waals surface area (Å²) in [5.74, 6) is 0.695. The maximum Gasteiger partial charge on any atom is 0.268 e. The first kappa shape index (κ1) is 26.8. The maximum absolute atomic E-state index is 14.2. The molecule has 2 aliphatic rings. The summed E-state index contributed by atoms with van der Waals surface area (Å²) in [6.45, 7) is 4.37. The van der Waals surface area contributed by atoms with E-state index >= 15 is 0 Å². The second-order valence-electron chi connectivity index (χ2n) is 10.7. The first-order chi connectivity index (χ1) is 18.9. The van der Waals surface area contributed by atoms with Crippen LogP contribution in [0.1, 0.15) is 60.5 Å². The Hall–Kier alpha value is -3.81. The maximum atomic E-state index is 14.2. The summed E-state index contributed by atoms with van der Waals surface area (Å²) in [7, 11) is 1.83. The van der Waals surface area contributed by atoms with Crippen LogP contribution >= 0.6 is 0 Å². The van der Waals surface area contributed by atoms with Gasteiger partial charge in [-0.2, -0.15) is 5.10 Å². The Kier molecular flexibility index (Phi) is 8.19. The van der Waals surface area contributed by atoms with Crippen LogP contribution in [0.2, 0.25) is 0 Å². The topological polar surface area (TPSA) is 85.7 Å². The van der Waals surface area contributed by atoms with Crippen molar-refractivity contribution in [2.75, 3.05) is 13.2 Å². The molecule has 2 amide bonds. The lowest BCUT2D eigenvalue weighted by atomic mass is 9.94. The fourth-order valence-electron chi connectivity index (χ4n) is 5.67. The number of nitrogens with zero attached hydrogens (tertiary/aromatic N) is 3. The minimum absolute atomic E-state index is 0.0831. The summed E-state index contributed by atoms with van der Waals surface area (Å²) in [5.41, 5.74) is 3.70. The summed E-state index contributed by atoms with van der Waals surface area (Å²) in [6, 6.07) is 14.9. The van der Waals surface area contributed by atoms with Crippen molar-refractivity contribution in [1.82, 2.24) is 20.0 Å². The lowest BCUT2D eigenvalue weighted by molar-refractivity contribution is -0.148. The summed E-state index contributed by atoms with van der Waals surface area (Å²) in [4.78, 5) is 30.0. The minimum atomic E-state index is -0.862. The van der Waals surface area contributed by atoms with Crippen LogP contribution in [0.3, 0.4) is 0 Å². The van der Waals surface area contributed by atoms with E-state index in [0.717, 1.165) is 48.1 Å². The van der Waals surface area contributed by atoms with Crippen molar-refractivity contribution in [3.63, 3.8) is 0 Å². The molecule has 1 fully saturated rings. The van der Waals surface area contributed by atoms with Crippen LogP contribution in [0.25, 0.3) is 0 Å². The second kappa shape index (κ2) is 11.9. The highest BCUT2D eigenvalue weighted by molar-refractivity contribution is 5.91. The highest BCUT2D eigenvalue weighted by Crippen LogP contribution is 2.33. The Balaban J connectivity index is 1.48. The number of carbonyl (C=O) groups is 2. The zero-order valence-corrected chi connectivity index (χ0v) is 23.1. The van der Waals surface area contributed by atoms with Crippen molar-refractivity contribution >= 4 is 11.8 Å². The van der Waals surface area contributed by atoms with E-state index in [9.17, 15) is 9.59 Å². The first-order valence-electron chi connectivity index (χ1n) is 13.9. The van der Waals surface area contributed by atoms with Crippen molar-refractivity contribution in [2.24, 2.45) is 7.05 Å². The Labute approximate surface area is 230 Å². The molecular weight excluding hydrogens is 492 g/mol. The molecule has 0 bridgehead atoms. The molecule has 8 heteroatoms. The molecule has 2 atom stereocenters. The molecular formula is C31H38N4O4. The number of aryl methyl sites for hydroxylation is 3. The summed E-state index contributed by atoms with van der Waals surface area (Å²) >= 11 is 0. The van der Waals surface area contributed by atoms with Crippen LogP contribution in [0.5, 0.6) is 11.5 Å². The lowest BCUT2D eigenvalue weighted by Gasteiger charge is -2.36. The number of rotatable bonds is 8. The van der Waals surface area contributed by atoms with Crippen molar-refractivity contribution in [1.29, 1.82) is 0 Å². The molecule has 0 spiro atoms. The van der Waals surface area contributed by atoms with Crippen LogP contribution < -0.4 is 14.8 Å². The van der Waals surface area contributed by atoms with Gasteiger partial charge in [0.2, 0.25) is 12.0 Å². The smallest absolute Gasteiger partial charge is 0.268 e. The van der Waals surface area contributed by atoms with Gasteiger partial charge in [0.25, 0.3) is 5.91 Å². The van der Waals surface area contributed by atoms with E-state index in [1.54, 1.807) is 15.6 Å². The number of carbonyl (C=O) groups excluding carboxylic acids is 2. The lowest BCUT2D eigenvalue weighted by Crippen LogP contribution is -2.53. The molecule has 0 saturated heterocycles. The van der Waals surface area contributed by atoms with Gasteiger partial charge in [-0.25, -0.2) is 0 Å². The molecule has 1 aliphatic carbocycles. The van der Waals surface area contributed by atoms with Crippen LogP contribution in [0.15, 0.2) is 54.7 Å². The standard InChI is InChI=1S/C31H38N4O4/c1-21-10-9-11-23(18-21)16-17-35(31(37)28-20-38-26-14-7-8-15-27(26)39-28)29(25-19-34(3)33-22(25)2)30(36)32-24-12-5-4-6-13-24/h7-11,14-15,18-19,24,28-29H,4-6,12-13,16-17,20H2,1-3H3,(H,32,36). The molecule has 1 aliphatic heterocycles. The van der Waals surface area contributed by atoms with Gasteiger partial charge in [0.1, 0.15) is 12.6 Å². The van der Waals surface area contributed by atoms with Gasteiger partial charge in [-0.15, -0.1) is 0 Å². The zero-order valence-electron chi connectivity index (χ0n) is 23.1. The Morgan fingerprint density at radius 3 is 2.56 bits per heavy atom. The van der Waals surface area contributed by atoms with Gasteiger partial charge in [0.05, 0.1) is 5.69 Å². The number of hydrogen-bond acceptors (Lipinski definition) is 5. The van der Waals surface area contributed by atoms with E-state index in [-0.39, 0.29) is 24.5 Å². The molecule has 206 valence electrons. The molecule has 1 aromatic heterocycles. The zero-order chi connectivity index (χ0) is 27.4. The molecule has 39 heavy (non-hydrogen) atoms. The SMILES string of the molecule is Cc1cccc(CCN(C(=O)C2COc3ccccc3O2)C(C(=O)NC2CCCCC2)c2cn(C)nc2C)c1. The van der Waals surface area contributed by atoms with E-state index < -0.39 is 12.1 Å². The minimum Gasteiger partial charge on any atom is -0.485 e. The van der Waals surface area contributed by atoms with Gasteiger partial charge in [-0.05, 0) is 50.8 Å². The molecule has 1 saturated carbocycles. The van der Waals surface area contributed by atoms with Gasteiger partial charge in [0, 0.05) is 31.4 Å². The molecule has 2 unspecified atom stereocenters. The van der Waals surface area contributed by atoms with Gasteiger partial charge in [0.15, 0.2) is 11.5 Å². The average molecular weight is 531 g/mol. The normalized spacial score (nSPS) is 17.9. The highest BCUT2D eigenvalue weighted by atomic mass is 16.6. The summed E-state index contributed by atoms with van der Waals surface area (Å²) in [5, 5.41) is 7.79. The molecule has 2 aromatic carbocycles. The van der Waals surface area contributed by atoms with E-state index in [1.165, 1.54) is 6.42 Å².